The second kappa shape index (κ2) is 5.86. The average molecular weight is 358 g/mol. The van der Waals surface area contributed by atoms with E-state index in [0.29, 0.717) is 5.52 Å². The summed E-state index contributed by atoms with van der Waals surface area (Å²) < 4.78 is 67.2. The predicted molar refractivity (Wildman–Crippen MR) is 82.0 cm³/mol. The summed E-state index contributed by atoms with van der Waals surface area (Å²) in [5.74, 6) is -0.681. The topological polar surface area (TPSA) is 79.8 Å². The molecule has 128 valence electrons. The molecule has 0 aliphatic carbocycles. The van der Waals surface area contributed by atoms with Crippen molar-refractivity contribution in [3.8, 4) is 0 Å². The number of alkyl halides is 2. The lowest BCUT2D eigenvalue weighted by Gasteiger charge is -2.08. The van der Waals surface area contributed by atoms with Crippen LogP contribution in [0.15, 0.2) is 35.5 Å². The Kier molecular flexibility index (Phi) is 3.99. The highest BCUT2D eigenvalue weighted by Gasteiger charge is 2.23. The van der Waals surface area contributed by atoms with Gasteiger partial charge in [-0.05, 0) is 19.1 Å². The molecule has 1 aromatic carbocycles. The summed E-state index contributed by atoms with van der Waals surface area (Å²) in [6.45, 7) is 0.818. The number of hydrogen-bond donors (Lipinski definition) is 2. The minimum Gasteiger partial charge on any atom is -0.360 e. The number of benzene rings is 1. The van der Waals surface area contributed by atoms with Crippen LogP contribution in [0, 0.1) is 12.7 Å². The summed E-state index contributed by atoms with van der Waals surface area (Å²) in [6, 6.07) is 4.15. The Morgan fingerprint density at radius 3 is 2.83 bits per heavy atom. The maximum atomic E-state index is 14.0. The molecule has 0 radical (unpaired) electrons. The first-order valence-corrected chi connectivity index (χ1v) is 8.37. The summed E-state index contributed by atoms with van der Waals surface area (Å²) in [4.78, 5) is 2.42. The molecule has 0 saturated heterocycles. The number of nitrogens with one attached hydrogen (secondary N) is 2. The number of sulfonamides is 1. The molecule has 24 heavy (non-hydrogen) atoms. The Labute approximate surface area is 135 Å². The van der Waals surface area contributed by atoms with Gasteiger partial charge in [0.2, 0.25) is 0 Å². The molecule has 0 saturated carbocycles. The van der Waals surface area contributed by atoms with Gasteiger partial charge in [-0.3, -0.25) is 9.40 Å². The van der Waals surface area contributed by atoms with Gasteiger partial charge in [0.1, 0.15) is 17.3 Å². The van der Waals surface area contributed by atoms with Crippen LogP contribution in [0.1, 0.15) is 5.69 Å². The van der Waals surface area contributed by atoms with Crippen LogP contribution >= 0.6 is 0 Å². The molecule has 3 aromatic rings. The molecule has 2 aromatic heterocycles. The van der Waals surface area contributed by atoms with Gasteiger partial charge in [-0.1, -0.05) is 6.07 Å². The van der Waals surface area contributed by atoms with Crippen LogP contribution in [-0.4, -0.2) is 29.6 Å². The number of hydrogen-bond acceptors (Lipinski definition) is 3. The molecule has 0 amide bonds. The predicted octanol–water partition coefficient (Wildman–Crippen LogP) is 2.88. The maximum Gasteiger partial charge on any atom is 0.264 e. The number of aromatic amines is 1. The largest absolute Gasteiger partial charge is 0.360 e. The fraction of sp³-hybridized carbons (Fsp3) is 0.214. The van der Waals surface area contributed by atoms with Crippen LogP contribution in [-0.2, 0) is 16.6 Å². The third-order valence-electron chi connectivity index (χ3n) is 3.57. The van der Waals surface area contributed by atoms with Gasteiger partial charge in [-0.2, -0.15) is 5.10 Å². The van der Waals surface area contributed by atoms with Crippen molar-refractivity contribution in [3.05, 3.63) is 42.1 Å². The van der Waals surface area contributed by atoms with Crippen molar-refractivity contribution < 1.29 is 21.6 Å². The summed E-state index contributed by atoms with van der Waals surface area (Å²) in [5, 5.41) is 3.66. The number of fused-ring (bicyclic) bond motifs is 1. The van der Waals surface area contributed by atoms with Gasteiger partial charge in [0.05, 0.1) is 23.0 Å². The van der Waals surface area contributed by atoms with E-state index in [0.717, 1.165) is 16.9 Å². The second-order valence-electron chi connectivity index (χ2n) is 5.14. The molecule has 6 nitrogen and oxygen atoms in total. The van der Waals surface area contributed by atoms with E-state index >= 15 is 0 Å². The number of nitrogens with zero attached hydrogens (tertiary/aromatic N) is 2. The van der Waals surface area contributed by atoms with Crippen molar-refractivity contribution in [3.63, 3.8) is 0 Å². The summed E-state index contributed by atoms with van der Waals surface area (Å²) >= 11 is 0. The molecule has 0 aliphatic heterocycles. The Morgan fingerprint density at radius 1 is 1.38 bits per heavy atom. The number of rotatable bonds is 5. The fourth-order valence-corrected chi connectivity index (χ4v) is 3.67. The molecule has 0 bridgehead atoms. The third kappa shape index (κ3) is 2.84. The van der Waals surface area contributed by atoms with Gasteiger partial charge in [0, 0.05) is 11.7 Å². The molecule has 0 fully saturated rings. The van der Waals surface area contributed by atoms with Crippen LogP contribution < -0.4 is 4.72 Å². The first kappa shape index (κ1) is 16.4. The smallest absolute Gasteiger partial charge is 0.264 e. The van der Waals surface area contributed by atoms with Crippen LogP contribution in [0.5, 0.6) is 0 Å². The zero-order chi connectivity index (χ0) is 17.5. The van der Waals surface area contributed by atoms with E-state index < -0.39 is 28.8 Å². The molecular formula is C14H13F3N4O2S. The van der Waals surface area contributed by atoms with Crippen molar-refractivity contribution >= 4 is 26.6 Å². The Bertz CT molecular complexity index is 995. The van der Waals surface area contributed by atoms with E-state index in [1.165, 1.54) is 19.2 Å². The van der Waals surface area contributed by atoms with Crippen LogP contribution in [0.3, 0.4) is 0 Å². The average Bonchev–Trinajstić information content (AvgIpc) is 3.07. The zero-order valence-electron chi connectivity index (χ0n) is 12.4. The molecule has 10 heteroatoms. The minimum absolute atomic E-state index is 0.0568. The van der Waals surface area contributed by atoms with Crippen LogP contribution in [0.25, 0.3) is 10.9 Å². The highest BCUT2D eigenvalue weighted by molar-refractivity contribution is 7.93. The standard InChI is InChI=1S/C14H13F3N4O2S/c1-8-11(5-19-21(8)7-13(16)17)20-24(22,23)12-6-18-10-4-2-3-9(15)14(10)12/h2-6,13,18,20H,7H2,1H3. The molecule has 0 atom stereocenters. The summed E-state index contributed by atoms with van der Waals surface area (Å²) in [5.41, 5.74) is 0.626. The van der Waals surface area contributed by atoms with Gasteiger partial charge in [-0.15, -0.1) is 0 Å². The molecule has 3 rings (SSSR count). The highest BCUT2D eigenvalue weighted by Crippen LogP contribution is 2.27. The van der Waals surface area contributed by atoms with Crippen molar-refractivity contribution in [2.45, 2.75) is 24.8 Å². The van der Waals surface area contributed by atoms with E-state index in [1.807, 2.05) is 0 Å². The monoisotopic (exact) mass is 358 g/mol. The van der Waals surface area contributed by atoms with Gasteiger partial charge >= 0.3 is 0 Å². The highest BCUT2D eigenvalue weighted by atomic mass is 32.2. The first-order chi connectivity index (χ1) is 11.3. The third-order valence-corrected chi connectivity index (χ3v) is 4.96. The Hall–Kier alpha value is -2.49. The molecule has 2 N–H and O–H groups in total. The van der Waals surface area contributed by atoms with E-state index in [4.69, 9.17) is 0 Å². The summed E-state index contributed by atoms with van der Waals surface area (Å²) in [7, 11) is -4.12. The number of H-pyrrole nitrogens is 1. The Morgan fingerprint density at radius 2 is 2.12 bits per heavy atom. The SMILES string of the molecule is Cc1c(NS(=O)(=O)c2c[nH]c3cccc(F)c23)cnn1CC(F)F. The van der Waals surface area contributed by atoms with Crippen LogP contribution in [0.2, 0.25) is 0 Å². The number of halogens is 3. The molecule has 2 heterocycles. The van der Waals surface area contributed by atoms with Gasteiger partial charge in [-0.25, -0.2) is 21.6 Å². The lowest BCUT2D eigenvalue weighted by Crippen LogP contribution is -2.14. The Balaban J connectivity index is 1.98. The molecule has 0 unspecified atom stereocenters. The minimum atomic E-state index is -4.12. The van der Waals surface area contributed by atoms with Crippen molar-refractivity contribution in [2.24, 2.45) is 0 Å². The number of anilines is 1. The second-order valence-corrected chi connectivity index (χ2v) is 6.79. The van der Waals surface area contributed by atoms with Gasteiger partial charge in [0.25, 0.3) is 16.4 Å². The van der Waals surface area contributed by atoms with Crippen molar-refractivity contribution in [1.82, 2.24) is 14.8 Å². The lowest BCUT2D eigenvalue weighted by molar-refractivity contribution is 0.121. The van der Waals surface area contributed by atoms with E-state index in [-0.39, 0.29) is 21.7 Å². The molecule has 0 spiro atoms. The normalized spacial score (nSPS) is 12.2. The maximum absolute atomic E-state index is 14.0. The van der Waals surface area contributed by atoms with E-state index in [2.05, 4.69) is 14.8 Å². The zero-order valence-corrected chi connectivity index (χ0v) is 13.2. The van der Waals surface area contributed by atoms with Gasteiger partial charge in [0.15, 0.2) is 0 Å². The number of aromatic nitrogens is 3. The van der Waals surface area contributed by atoms with Crippen molar-refractivity contribution in [1.29, 1.82) is 0 Å². The molecular weight excluding hydrogens is 345 g/mol. The van der Waals surface area contributed by atoms with Crippen LogP contribution in [0.4, 0.5) is 18.9 Å². The molecule has 0 aliphatic rings. The van der Waals surface area contributed by atoms with E-state index in [1.54, 1.807) is 6.07 Å². The van der Waals surface area contributed by atoms with Crippen molar-refractivity contribution in [2.75, 3.05) is 4.72 Å². The van der Waals surface area contributed by atoms with E-state index in [9.17, 15) is 21.6 Å². The summed E-state index contributed by atoms with van der Waals surface area (Å²) in [6.07, 6.45) is -0.300. The quantitative estimate of drug-likeness (QED) is 0.736. The fourth-order valence-electron chi connectivity index (χ4n) is 2.38. The first-order valence-electron chi connectivity index (χ1n) is 6.88. The van der Waals surface area contributed by atoms with Gasteiger partial charge < -0.3 is 4.98 Å². The lowest BCUT2D eigenvalue weighted by atomic mass is 10.2.